The number of esters is 1. The molecule has 6 heteroatoms. The molecule has 0 amide bonds. The van der Waals surface area contributed by atoms with Gasteiger partial charge in [0.1, 0.15) is 10.7 Å². The number of ether oxygens (including phenoxy) is 1. The van der Waals surface area contributed by atoms with Crippen LogP contribution in [0, 0.1) is 6.92 Å². The number of thiophene rings is 2. The fraction of sp³-hybridized carbons (Fsp3) is 0.231. The summed E-state index contributed by atoms with van der Waals surface area (Å²) in [6.45, 7) is 1.89. The average molecular weight is 294 g/mol. The van der Waals surface area contributed by atoms with Gasteiger partial charge in [-0.05, 0) is 30.0 Å². The lowest BCUT2D eigenvalue weighted by Crippen LogP contribution is -2.10. The lowest BCUT2D eigenvalue weighted by atomic mass is 10.3. The van der Waals surface area contributed by atoms with Crippen molar-refractivity contribution in [3.8, 4) is 0 Å². The predicted octanol–water partition coefficient (Wildman–Crippen LogP) is 3.39. The summed E-state index contributed by atoms with van der Waals surface area (Å²) in [5.74, 6) is 0.495. The molecule has 0 atom stereocenters. The van der Waals surface area contributed by atoms with Crippen LogP contribution < -0.4 is 5.32 Å². The molecular weight excluding hydrogens is 280 g/mol. The van der Waals surface area contributed by atoms with E-state index in [0.29, 0.717) is 4.88 Å². The van der Waals surface area contributed by atoms with Crippen molar-refractivity contribution in [2.45, 2.75) is 6.92 Å². The Hall–Kier alpha value is -1.66. The van der Waals surface area contributed by atoms with Gasteiger partial charge < -0.3 is 10.1 Å². The number of carbonyl (C=O) groups excluding carboxylic acids is 1. The number of rotatable bonds is 3. The monoisotopic (exact) mass is 294 g/mol. The van der Waals surface area contributed by atoms with Gasteiger partial charge in [-0.15, -0.1) is 22.7 Å². The molecule has 0 saturated heterocycles. The van der Waals surface area contributed by atoms with E-state index in [-0.39, 0.29) is 5.97 Å². The molecule has 0 aliphatic carbocycles. The van der Waals surface area contributed by atoms with E-state index in [2.05, 4.69) is 10.3 Å². The van der Waals surface area contributed by atoms with E-state index >= 15 is 0 Å². The van der Waals surface area contributed by atoms with Crippen LogP contribution >= 0.6 is 22.7 Å². The van der Waals surface area contributed by atoms with Crippen molar-refractivity contribution in [2.75, 3.05) is 19.5 Å². The number of carbonyl (C=O) groups is 1. The number of amidine groups is 1. The van der Waals surface area contributed by atoms with E-state index in [4.69, 9.17) is 4.74 Å². The highest BCUT2D eigenvalue weighted by Crippen LogP contribution is 2.28. The van der Waals surface area contributed by atoms with Crippen molar-refractivity contribution in [1.29, 1.82) is 0 Å². The Labute approximate surface area is 119 Å². The number of methoxy groups -OCH3 is 1. The molecule has 2 heterocycles. The Balaban J connectivity index is 2.22. The van der Waals surface area contributed by atoms with Gasteiger partial charge in [-0.2, -0.15) is 0 Å². The molecule has 0 aromatic carbocycles. The summed E-state index contributed by atoms with van der Waals surface area (Å²) >= 11 is 2.99. The molecule has 0 fully saturated rings. The zero-order valence-corrected chi connectivity index (χ0v) is 12.5. The van der Waals surface area contributed by atoms with Gasteiger partial charge in [-0.1, -0.05) is 6.07 Å². The van der Waals surface area contributed by atoms with Crippen molar-refractivity contribution in [3.63, 3.8) is 0 Å². The molecule has 0 bridgehead atoms. The second-order valence-corrected chi connectivity index (χ2v) is 5.79. The van der Waals surface area contributed by atoms with E-state index < -0.39 is 0 Å². The van der Waals surface area contributed by atoms with Gasteiger partial charge in [0.15, 0.2) is 0 Å². The van der Waals surface area contributed by atoms with Gasteiger partial charge in [0.25, 0.3) is 0 Å². The number of nitrogens with zero attached hydrogens (tertiary/aromatic N) is 1. The Morgan fingerprint density at radius 3 is 2.84 bits per heavy atom. The van der Waals surface area contributed by atoms with Crippen LogP contribution in [0.4, 0.5) is 5.00 Å². The second-order valence-electron chi connectivity index (χ2n) is 3.79. The number of aryl methyl sites for hydroxylation is 1. The Kier molecular flexibility index (Phi) is 4.34. The fourth-order valence-electron chi connectivity index (χ4n) is 1.60. The van der Waals surface area contributed by atoms with Gasteiger partial charge in [0.2, 0.25) is 0 Å². The zero-order valence-electron chi connectivity index (χ0n) is 10.9. The molecule has 2 aromatic heterocycles. The van der Waals surface area contributed by atoms with Crippen LogP contribution in [0.25, 0.3) is 0 Å². The van der Waals surface area contributed by atoms with Crippen LogP contribution in [-0.2, 0) is 4.74 Å². The maximum Gasteiger partial charge on any atom is 0.348 e. The molecule has 0 spiro atoms. The minimum atomic E-state index is -0.304. The number of hydrogen-bond donors (Lipinski definition) is 1. The van der Waals surface area contributed by atoms with Gasteiger partial charge in [-0.3, -0.25) is 4.99 Å². The zero-order chi connectivity index (χ0) is 13.8. The third kappa shape index (κ3) is 3.02. The number of hydrogen-bond acceptors (Lipinski definition) is 5. The molecule has 0 aliphatic rings. The molecule has 4 nitrogen and oxygen atoms in total. The first-order chi connectivity index (χ1) is 9.15. The normalized spacial score (nSPS) is 11.4. The predicted molar refractivity (Wildman–Crippen MR) is 80.8 cm³/mol. The van der Waals surface area contributed by atoms with Crippen molar-refractivity contribution in [3.05, 3.63) is 38.9 Å². The summed E-state index contributed by atoms with van der Waals surface area (Å²) < 4.78 is 4.75. The minimum absolute atomic E-state index is 0.304. The van der Waals surface area contributed by atoms with Crippen LogP contribution in [-0.4, -0.2) is 26.0 Å². The third-order valence-electron chi connectivity index (χ3n) is 2.51. The quantitative estimate of drug-likeness (QED) is 0.536. The first-order valence-electron chi connectivity index (χ1n) is 5.62. The van der Waals surface area contributed by atoms with Gasteiger partial charge in [-0.25, -0.2) is 4.79 Å². The first kappa shape index (κ1) is 13.8. The third-order valence-corrected chi connectivity index (χ3v) is 4.52. The fourth-order valence-corrected chi connectivity index (χ4v) is 3.30. The first-order valence-corrected chi connectivity index (χ1v) is 7.31. The molecular formula is C13H14N2O2S2. The van der Waals surface area contributed by atoms with Crippen molar-refractivity contribution < 1.29 is 9.53 Å². The van der Waals surface area contributed by atoms with Gasteiger partial charge in [0.05, 0.1) is 17.0 Å². The lowest BCUT2D eigenvalue weighted by molar-refractivity contribution is 0.0605. The van der Waals surface area contributed by atoms with Crippen LogP contribution in [0.5, 0.6) is 0 Å². The topological polar surface area (TPSA) is 50.7 Å². The van der Waals surface area contributed by atoms with Crippen LogP contribution in [0.1, 0.15) is 20.1 Å². The van der Waals surface area contributed by atoms with E-state index in [1.165, 1.54) is 18.4 Å². The number of nitrogens with one attached hydrogen (secondary N) is 1. The van der Waals surface area contributed by atoms with E-state index in [0.717, 1.165) is 21.3 Å². The van der Waals surface area contributed by atoms with Crippen LogP contribution in [0.3, 0.4) is 0 Å². The van der Waals surface area contributed by atoms with Crippen molar-refractivity contribution >= 4 is 39.5 Å². The molecule has 0 aliphatic heterocycles. The molecule has 0 radical (unpaired) electrons. The van der Waals surface area contributed by atoms with E-state index in [9.17, 15) is 4.79 Å². The molecule has 1 N–H and O–H groups in total. The second kappa shape index (κ2) is 5.99. The summed E-state index contributed by atoms with van der Waals surface area (Å²) in [7, 11) is 3.13. The summed E-state index contributed by atoms with van der Waals surface area (Å²) in [5.41, 5.74) is 0.904. The summed E-state index contributed by atoms with van der Waals surface area (Å²) in [4.78, 5) is 17.5. The van der Waals surface area contributed by atoms with E-state index in [1.54, 1.807) is 18.4 Å². The van der Waals surface area contributed by atoms with E-state index in [1.807, 2.05) is 30.5 Å². The Bertz CT molecular complexity index is 600. The summed E-state index contributed by atoms with van der Waals surface area (Å²) in [6, 6.07) is 5.91. The molecule has 2 rings (SSSR count). The van der Waals surface area contributed by atoms with Crippen LogP contribution in [0.2, 0.25) is 0 Å². The van der Waals surface area contributed by atoms with Gasteiger partial charge >= 0.3 is 5.97 Å². The SMILES string of the molecule is CN=C(Nc1cc(C)c(C(=O)OC)s1)c1cccs1. The van der Waals surface area contributed by atoms with Crippen LogP contribution in [0.15, 0.2) is 28.6 Å². The number of aliphatic imine (C=N–C) groups is 1. The summed E-state index contributed by atoms with van der Waals surface area (Å²) in [6.07, 6.45) is 0. The largest absolute Gasteiger partial charge is 0.465 e. The molecule has 100 valence electrons. The molecule has 2 aromatic rings. The number of anilines is 1. The Morgan fingerprint density at radius 1 is 1.47 bits per heavy atom. The van der Waals surface area contributed by atoms with Crippen molar-refractivity contribution in [2.24, 2.45) is 4.99 Å². The maximum absolute atomic E-state index is 11.6. The average Bonchev–Trinajstić information content (AvgIpc) is 3.04. The molecule has 0 unspecified atom stereocenters. The Morgan fingerprint density at radius 2 is 2.26 bits per heavy atom. The standard InChI is InChI=1S/C13H14N2O2S2/c1-8-7-10(19-11(8)13(16)17-3)15-12(14-2)9-5-4-6-18-9/h4-7H,1-3H3,(H,14,15). The lowest BCUT2D eigenvalue weighted by Gasteiger charge is -2.04. The highest BCUT2D eigenvalue weighted by molar-refractivity contribution is 7.18. The highest BCUT2D eigenvalue weighted by atomic mass is 32.1. The molecule has 19 heavy (non-hydrogen) atoms. The van der Waals surface area contributed by atoms with Gasteiger partial charge in [0, 0.05) is 7.05 Å². The highest BCUT2D eigenvalue weighted by Gasteiger charge is 2.15. The maximum atomic E-state index is 11.6. The smallest absolute Gasteiger partial charge is 0.348 e. The molecule has 0 saturated carbocycles. The minimum Gasteiger partial charge on any atom is -0.465 e. The summed E-state index contributed by atoms with van der Waals surface area (Å²) in [5, 5.41) is 6.13. The van der Waals surface area contributed by atoms with Crippen molar-refractivity contribution in [1.82, 2.24) is 0 Å².